The maximum atomic E-state index is 13.0. The summed E-state index contributed by atoms with van der Waals surface area (Å²) in [5.41, 5.74) is 0. The first kappa shape index (κ1) is 87.1. The summed E-state index contributed by atoms with van der Waals surface area (Å²) in [5, 5.41) is 10.6. The summed E-state index contributed by atoms with van der Waals surface area (Å²) < 4.78 is 68.2. The zero-order valence-corrected chi connectivity index (χ0v) is 59.8. The third kappa shape index (κ3) is 63.2. The first-order valence-corrected chi connectivity index (χ1v) is 39.2. The van der Waals surface area contributed by atoms with Gasteiger partial charge in [0.15, 0.2) is 12.2 Å². The number of phosphoric ester groups is 2. The van der Waals surface area contributed by atoms with Crippen molar-refractivity contribution in [3.63, 3.8) is 0 Å². The van der Waals surface area contributed by atoms with Gasteiger partial charge in [0, 0.05) is 25.7 Å². The largest absolute Gasteiger partial charge is 0.472 e. The predicted molar refractivity (Wildman–Crippen MR) is 358 cm³/mol. The van der Waals surface area contributed by atoms with Crippen LogP contribution in [0.2, 0.25) is 0 Å². The highest BCUT2D eigenvalue weighted by atomic mass is 31.2. The molecule has 17 nitrogen and oxygen atoms in total. The second-order valence-corrected chi connectivity index (χ2v) is 29.8. The van der Waals surface area contributed by atoms with Gasteiger partial charge in [-0.15, -0.1) is 0 Å². The molecule has 6 atom stereocenters. The molecule has 0 aromatic carbocycles. The van der Waals surface area contributed by atoms with Crippen molar-refractivity contribution in [2.75, 3.05) is 39.6 Å². The van der Waals surface area contributed by atoms with E-state index in [0.29, 0.717) is 31.6 Å². The number of unbranched alkanes of at least 4 members (excludes halogenated alkanes) is 32. The van der Waals surface area contributed by atoms with Crippen LogP contribution >= 0.6 is 15.6 Å². The van der Waals surface area contributed by atoms with E-state index in [2.05, 4.69) is 55.4 Å². The van der Waals surface area contributed by atoms with Gasteiger partial charge in [0.05, 0.1) is 26.4 Å². The summed E-state index contributed by atoms with van der Waals surface area (Å²) >= 11 is 0. The van der Waals surface area contributed by atoms with E-state index in [9.17, 15) is 43.2 Å². The van der Waals surface area contributed by atoms with Crippen LogP contribution in [0, 0.1) is 23.7 Å². The summed E-state index contributed by atoms with van der Waals surface area (Å²) in [6.45, 7) is 14.0. The van der Waals surface area contributed by atoms with Gasteiger partial charge in [-0.1, -0.05) is 293 Å². The van der Waals surface area contributed by atoms with Gasteiger partial charge >= 0.3 is 39.5 Å². The van der Waals surface area contributed by atoms with E-state index in [1.165, 1.54) is 135 Å². The molecule has 528 valence electrons. The SMILES string of the molecule is CCC(C)CCCCCCCCC(=O)OC[C@H](COP(=O)(O)OC[C@H](O)COP(=O)(O)OC[C@@H](COC(=O)CCCCCCCCC(C)C)OC(=O)CCCCCCCCCCCCCCCC(C)C)OC(=O)CCCCCCCCCCCCCC(C)C. The fraction of sp³-hybridized carbons (Fsp3) is 0.943. The Morgan fingerprint density at radius 1 is 0.315 bits per heavy atom. The van der Waals surface area contributed by atoms with Crippen LogP contribution in [0.1, 0.15) is 344 Å². The number of ether oxygens (including phenoxy) is 4. The molecule has 0 bridgehead atoms. The smallest absolute Gasteiger partial charge is 0.462 e. The van der Waals surface area contributed by atoms with Gasteiger partial charge in [-0.2, -0.15) is 0 Å². The molecule has 0 aromatic heterocycles. The lowest BCUT2D eigenvalue weighted by atomic mass is 10.00. The molecule has 3 N–H and O–H groups in total. The fourth-order valence-corrected chi connectivity index (χ4v) is 12.0. The molecule has 0 saturated heterocycles. The molecular weight excluding hydrogens is 1170 g/mol. The lowest BCUT2D eigenvalue weighted by molar-refractivity contribution is -0.161. The minimum absolute atomic E-state index is 0.105. The van der Waals surface area contributed by atoms with Crippen molar-refractivity contribution >= 4 is 39.5 Å². The normalized spacial score (nSPS) is 14.6. The standard InChI is InChI=1S/C70H136O17P2/c1-9-63(8)49-41-33-27-29-35-43-51-68(73)81-57-66(87-70(75)53-45-37-25-21-17-13-15-19-23-31-39-47-61(4)5)59-85-89(78,79)83-55-64(71)54-82-88(76,77)84-58-65(56-80-67(72)50-42-34-28-26-32-40-48-62(6)7)86-69(74)52-44-36-24-20-16-12-10-11-14-18-22-30-38-46-60(2)3/h60-66,71H,9-59H2,1-8H3,(H,76,77)(H,78,79)/t63?,64-,65-,66-/m1/s1. The molecule has 0 fully saturated rings. The van der Waals surface area contributed by atoms with Gasteiger partial charge in [-0.05, 0) is 49.4 Å². The second-order valence-electron chi connectivity index (χ2n) is 26.9. The molecule has 0 radical (unpaired) electrons. The van der Waals surface area contributed by atoms with E-state index < -0.39 is 97.5 Å². The molecule has 0 amide bonds. The van der Waals surface area contributed by atoms with Crippen molar-refractivity contribution in [2.45, 2.75) is 363 Å². The minimum atomic E-state index is -4.95. The highest BCUT2D eigenvalue weighted by Crippen LogP contribution is 2.45. The molecule has 0 aromatic rings. The van der Waals surface area contributed by atoms with Crippen LogP contribution in [0.15, 0.2) is 0 Å². The monoisotopic (exact) mass is 1310 g/mol. The van der Waals surface area contributed by atoms with E-state index in [0.717, 1.165) is 120 Å². The summed E-state index contributed by atoms with van der Waals surface area (Å²) in [5.74, 6) is 0.830. The number of rotatable bonds is 67. The van der Waals surface area contributed by atoms with Gasteiger partial charge in [-0.3, -0.25) is 37.3 Å². The molecule has 0 heterocycles. The summed E-state index contributed by atoms with van der Waals surface area (Å²) in [6.07, 6.45) is 41.8. The minimum Gasteiger partial charge on any atom is -0.462 e. The fourth-order valence-electron chi connectivity index (χ4n) is 10.5. The van der Waals surface area contributed by atoms with Gasteiger partial charge in [0.2, 0.25) is 0 Å². The molecule has 3 unspecified atom stereocenters. The Morgan fingerprint density at radius 3 is 0.798 bits per heavy atom. The maximum absolute atomic E-state index is 13.0. The molecular formula is C70H136O17P2. The van der Waals surface area contributed by atoms with Crippen LogP contribution < -0.4 is 0 Å². The van der Waals surface area contributed by atoms with E-state index in [-0.39, 0.29) is 25.7 Å². The quantitative estimate of drug-likeness (QED) is 0.0222. The average Bonchev–Trinajstić information content (AvgIpc) is 3.69. The first-order valence-electron chi connectivity index (χ1n) is 36.2. The van der Waals surface area contributed by atoms with E-state index in [1.807, 2.05) is 0 Å². The van der Waals surface area contributed by atoms with Crippen LogP contribution in [0.5, 0.6) is 0 Å². The Labute approximate surface area is 543 Å². The van der Waals surface area contributed by atoms with Crippen LogP contribution in [0.3, 0.4) is 0 Å². The Hall–Kier alpha value is -1.94. The highest BCUT2D eigenvalue weighted by molar-refractivity contribution is 7.47. The molecule has 19 heteroatoms. The third-order valence-electron chi connectivity index (χ3n) is 16.4. The van der Waals surface area contributed by atoms with Crippen LogP contribution in [-0.4, -0.2) is 96.7 Å². The van der Waals surface area contributed by atoms with Crippen LogP contribution in [-0.2, 0) is 65.4 Å². The van der Waals surface area contributed by atoms with Gasteiger partial charge in [0.1, 0.15) is 19.3 Å². The molecule has 0 aliphatic rings. The lowest BCUT2D eigenvalue weighted by Gasteiger charge is -2.21. The molecule has 0 aliphatic carbocycles. The van der Waals surface area contributed by atoms with Gasteiger partial charge < -0.3 is 33.8 Å². The molecule has 0 spiro atoms. The average molecular weight is 1310 g/mol. The maximum Gasteiger partial charge on any atom is 0.472 e. The number of phosphoric acid groups is 2. The first-order chi connectivity index (χ1) is 42.6. The number of carbonyl (C=O) groups is 4. The van der Waals surface area contributed by atoms with E-state index >= 15 is 0 Å². The number of hydrogen-bond acceptors (Lipinski definition) is 15. The van der Waals surface area contributed by atoms with Crippen LogP contribution in [0.4, 0.5) is 0 Å². The number of carbonyl (C=O) groups excluding carboxylic acids is 4. The van der Waals surface area contributed by atoms with Crippen molar-refractivity contribution in [3.05, 3.63) is 0 Å². The third-order valence-corrected chi connectivity index (χ3v) is 18.3. The van der Waals surface area contributed by atoms with Gasteiger partial charge in [-0.25, -0.2) is 9.13 Å². The topological polar surface area (TPSA) is 237 Å². The Kier molecular flexibility index (Phi) is 58.5. The second kappa shape index (κ2) is 59.8. The Balaban J connectivity index is 5.23. The summed E-state index contributed by atoms with van der Waals surface area (Å²) in [6, 6.07) is 0. The molecule has 89 heavy (non-hydrogen) atoms. The highest BCUT2D eigenvalue weighted by Gasteiger charge is 2.30. The van der Waals surface area contributed by atoms with Crippen molar-refractivity contribution in [1.82, 2.24) is 0 Å². The van der Waals surface area contributed by atoms with E-state index in [1.54, 1.807) is 0 Å². The van der Waals surface area contributed by atoms with Crippen molar-refractivity contribution in [3.8, 4) is 0 Å². The number of aliphatic hydroxyl groups is 1. The van der Waals surface area contributed by atoms with Crippen LogP contribution in [0.25, 0.3) is 0 Å². The predicted octanol–water partition coefficient (Wildman–Crippen LogP) is 19.7. The molecule has 0 aliphatic heterocycles. The van der Waals surface area contributed by atoms with Crippen molar-refractivity contribution in [2.24, 2.45) is 23.7 Å². The van der Waals surface area contributed by atoms with Gasteiger partial charge in [0.25, 0.3) is 0 Å². The zero-order chi connectivity index (χ0) is 66.1. The summed E-state index contributed by atoms with van der Waals surface area (Å²) in [7, 11) is -9.90. The Morgan fingerprint density at radius 2 is 0.539 bits per heavy atom. The van der Waals surface area contributed by atoms with Crippen molar-refractivity contribution < 1.29 is 80.2 Å². The molecule has 0 rings (SSSR count). The number of hydrogen-bond donors (Lipinski definition) is 3. The number of aliphatic hydroxyl groups excluding tert-OH is 1. The lowest BCUT2D eigenvalue weighted by Crippen LogP contribution is -2.30. The number of esters is 4. The summed E-state index contributed by atoms with van der Waals surface area (Å²) in [4.78, 5) is 72.5. The van der Waals surface area contributed by atoms with Crippen molar-refractivity contribution in [1.29, 1.82) is 0 Å². The zero-order valence-electron chi connectivity index (χ0n) is 58.1. The Bertz CT molecular complexity index is 1770. The molecule has 0 saturated carbocycles. The van der Waals surface area contributed by atoms with E-state index in [4.69, 9.17) is 37.0 Å².